The van der Waals surface area contributed by atoms with Crippen molar-refractivity contribution in [1.29, 1.82) is 0 Å². The molecule has 0 amide bonds. The fourth-order valence-corrected chi connectivity index (χ4v) is 1.62. The van der Waals surface area contributed by atoms with Gasteiger partial charge in [-0.1, -0.05) is 0 Å². The van der Waals surface area contributed by atoms with Crippen LogP contribution >= 0.6 is 0 Å². The van der Waals surface area contributed by atoms with Gasteiger partial charge in [-0.15, -0.1) is 0 Å². The largest absolute Gasteiger partial charge is 0.466 e. The highest BCUT2D eigenvalue weighted by Gasteiger charge is 2.14. The van der Waals surface area contributed by atoms with Crippen LogP contribution in [0.2, 0.25) is 0 Å². The van der Waals surface area contributed by atoms with Crippen LogP contribution in [0, 0.1) is 6.92 Å². The number of aromatic nitrogens is 2. The van der Waals surface area contributed by atoms with Crippen molar-refractivity contribution in [3.63, 3.8) is 0 Å². The molecule has 0 saturated carbocycles. The molecule has 0 radical (unpaired) electrons. The van der Waals surface area contributed by atoms with Gasteiger partial charge in [0.15, 0.2) is 0 Å². The molecule has 0 bridgehead atoms. The Kier molecular flexibility index (Phi) is 2.60. The number of hydrogen-bond acceptors (Lipinski definition) is 3. The molecule has 0 spiro atoms. The molecule has 0 aliphatic rings. The van der Waals surface area contributed by atoms with E-state index in [2.05, 4.69) is 5.10 Å². The number of aryl methyl sites for hydroxylation is 2. The van der Waals surface area contributed by atoms with E-state index in [1.807, 2.05) is 26.2 Å². The summed E-state index contributed by atoms with van der Waals surface area (Å²) in [4.78, 5) is 0. The number of hydrogen-bond donors (Lipinski definition) is 1. The van der Waals surface area contributed by atoms with Gasteiger partial charge in [0.05, 0.1) is 12.5 Å². The number of nitrogens with zero attached hydrogens (tertiary/aromatic N) is 2. The van der Waals surface area contributed by atoms with Crippen LogP contribution in [-0.4, -0.2) is 14.9 Å². The predicted molar refractivity (Wildman–Crippen MR) is 55.3 cm³/mol. The van der Waals surface area contributed by atoms with E-state index in [1.54, 1.807) is 17.1 Å². The van der Waals surface area contributed by atoms with Crippen LogP contribution < -0.4 is 0 Å². The summed E-state index contributed by atoms with van der Waals surface area (Å²) < 4.78 is 6.95. The van der Waals surface area contributed by atoms with E-state index in [0.717, 1.165) is 11.1 Å². The Morgan fingerprint density at radius 1 is 1.60 bits per heavy atom. The second-order valence-electron chi connectivity index (χ2n) is 3.71. The molecule has 4 heteroatoms. The summed E-state index contributed by atoms with van der Waals surface area (Å²) in [5.41, 5.74) is 1.98. The van der Waals surface area contributed by atoms with Crippen molar-refractivity contribution < 1.29 is 9.52 Å². The quantitative estimate of drug-likeness (QED) is 0.829. The smallest absolute Gasteiger partial charge is 0.135 e. The fraction of sp³-hybridized carbons (Fsp3) is 0.364. The predicted octanol–water partition coefficient (Wildman–Crippen LogP) is 1.60. The first kappa shape index (κ1) is 9.98. The Balaban J connectivity index is 2.10. The summed E-state index contributed by atoms with van der Waals surface area (Å²) in [6, 6.07) is 1.85. The Bertz CT molecular complexity index is 445. The third kappa shape index (κ3) is 2.10. The summed E-state index contributed by atoms with van der Waals surface area (Å²) in [5.74, 6) is 0.638. The van der Waals surface area contributed by atoms with Crippen molar-refractivity contribution in [3.8, 4) is 0 Å². The zero-order chi connectivity index (χ0) is 10.8. The van der Waals surface area contributed by atoms with Crippen molar-refractivity contribution in [2.45, 2.75) is 19.4 Å². The van der Waals surface area contributed by atoms with Crippen molar-refractivity contribution >= 4 is 0 Å². The SMILES string of the molecule is Cc1ccoc1C(O)Cc1cnn(C)c1. The van der Waals surface area contributed by atoms with Gasteiger partial charge in [-0.25, -0.2) is 0 Å². The van der Waals surface area contributed by atoms with E-state index in [9.17, 15) is 5.11 Å². The zero-order valence-corrected chi connectivity index (χ0v) is 8.84. The number of furan rings is 1. The van der Waals surface area contributed by atoms with E-state index in [0.29, 0.717) is 12.2 Å². The van der Waals surface area contributed by atoms with E-state index in [4.69, 9.17) is 4.42 Å². The topological polar surface area (TPSA) is 51.2 Å². The molecule has 1 atom stereocenters. The number of aliphatic hydroxyl groups is 1. The average Bonchev–Trinajstić information content (AvgIpc) is 2.75. The third-order valence-electron chi connectivity index (χ3n) is 2.39. The molecule has 80 valence electrons. The molecule has 1 N–H and O–H groups in total. The Morgan fingerprint density at radius 3 is 2.93 bits per heavy atom. The molecule has 4 nitrogen and oxygen atoms in total. The third-order valence-corrected chi connectivity index (χ3v) is 2.39. The highest BCUT2D eigenvalue weighted by Crippen LogP contribution is 2.21. The van der Waals surface area contributed by atoms with Crippen molar-refractivity contribution in [1.82, 2.24) is 9.78 Å². The molecule has 0 aromatic carbocycles. The molecule has 2 aromatic heterocycles. The minimum atomic E-state index is -0.593. The van der Waals surface area contributed by atoms with Gasteiger partial charge in [-0.05, 0) is 24.1 Å². The lowest BCUT2D eigenvalue weighted by Gasteiger charge is -2.06. The van der Waals surface area contributed by atoms with Crippen LogP contribution in [0.25, 0.3) is 0 Å². The fourth-order valence-electron chi connectivity index (χ4n) is 1.62. The molecule has 0 aliphatic carbocycles. The minimum Gasteiger partial charge on any atom is -0.466 e. The first-order valence-corrected chi connectivity index (χ1v) is 4.86. The molecule has 2 heterocycles. The van der Waals surface area contributed by atoms with E-state index in [1.165, 1.54) is 0 Å². The van der Waals surface area contributed by atoms with Crippen LogP contribution in [-0.2, 0) is 13.5 Å². The molecule has 0 aliphatic heterocycles. The number of aliphatic hydroxyl groups excluding tert-OH is 1. The lowest BCUT2D eigenvalue weighted by molar-refractivity contribution is 0.149. The van der Waals surface area contributed by atoms with Crippen LogP contribution in [0.15, 0.2) is 29.1 Å². The molecule has 15 heavy (non-hydrogen) atoms. The second-order valence-corrected chi connectivity index (χ2v) is 3.71. The van der Waals surface area contributed by atoms with Gasteiger partial charge in [-0.2, -0.15) is 5.10 Å². The first-order chi connectivity index (χ1) is 7.16. The highest BCUT2D eigenvalue weighted by atomic mass is 16.4. The Hall–Kier alpha value is -1.55. The average molecular weight is 206 g/mol. The van der Waals surface area contributed by atoms with Crippen LogP contribution in [0.3, 0.4) is 0 Å². The van der Waals surface area contributed by atoms with Gasteiger partial charge in [0.2, 0.25) is 0 Å². The van der Waals surface area contributed by atoms with Gasteiger partial charge >= 0.3 is 0 Å². The normalized spacial score (nSPS) is 13.0. The first-order valence-electron chi connectivity index (χ1n) is 4.86. The molecule has 0 saturated heterocycles. The summed E-state index contributed by atoms with van der Waals surface area (Å²) in [7, 11) is 1.86. The van der Waals surface area contributed by atoms with Crippen LogP contribution in [0.4, 0.5) is 0 Å². The summed E-state index contributed by atoms with van der Waals surface area (Å²) in [5, 5.41) is 14.0. The van der Waals surface area contributed by atoms with Gasteiger partial charge in [0.1, 0.15) is 11.9 Å². The van der Waals surface area contributed by atoms with Crippen molar-refractivity contribution in [3.05, 3.63) is 41.6 Å². The summed E-state index contributed by atoms with van der Waals surface area (Å²) >= 11 is 0. The molecular formula is C11H14N2O2. The lowest BCUT2D eigenvalue weighted by atomic mass is 10.1. The van der Waals surface area contributed by atoms with Crippen molar-refractivity contribution in [2.75, 3.05) is 0 Å². The summed E-state index contributed by atoms with van der Waals surface area (Å²) in [6.45, 7) is 1.92. The molecule has 1 unspecified atom stereocenters. The zero-order valence-electron chi connectivity index (χ0n) is 8.84. The van der Waals surface area contributed by atoms with Gasteiger partial charge in [-0.3, -0.25) is 4.68 Å². The van der Waals surface area contributed by atoms with Crippen molar-refractivity contribution in [2.24, 2.45) is 7.05 Å². The Labute approximate surface area is 88.1 Å². The standard InChI is InChI=1S/C11H14N2O2/c1-8-3-4-15-11(8)10(14)5-9-6-12-13(2)7-9/h3-4,6-7,10,14H,5H2,1-2H3. The van der Waals surface area contributed by atoms with Crippen LogP contribution in [0.1, 0.15) is 23.0 Å². The molecular weight excluding hydrogens is 192 g/mol. The van der Waals surface area contributed by atoms with E-state index in [-0.39, 0.29) is 0 Å². The highest BCUT2D eigenvalue weighted by molar-refractivity contribution is 5.19. The van der Waals surface area contributed by atoms with E-state index >= 15 is 0 Å². The van der Waals surface area contributed by atoms with Gasteiger partial charge < -0.3 is 9.52 Å². The van der Waals surface area contributed by atoms with E-state index < -0.39 is 6.10 Å². The van der Waals surface area contributed by atoms with Gasteiger partial charge in [0.25, 0.3) is 0 Å². The maximum absolute atomic E-state index is 9.92. The summed E-state index contributed by atoms with van der Waals surface area (Å²) in [6.07, 6.45) is 5.17. The maximum Gasteiger partial charge on any atom is 0.135 e. The monoisotopic (exact) mass is 206 g/mol. The van der Waals surface area contributed by atoms with Crippen LogP contribution in [0.5, 0.6) is 0 Å². The maximum atomic E-state index is 9.92. The minimum absolute atomic E-state index is 0.530. The Morgan fingerprint density at radius 2 is 2.40 bits per heavy atom. The molecule has 0 fully saturated rings. The lowest BCUT2D eigenvalue weighted by Crippen LogP contribution is -2.01. The number of rotatable bonds is 3. The van der Waals surface area contributed by atoms with Gasteiger partial charge in [0, 0.05) is 19.7 Å². The molecule has 2 rings (SSSR count). The molecule has 2 aromatic rings. The second kappa shape index (κ2) is 3.90.